The zero-order chi connectivity index (χ0) is 9.90. The van der Waals surface area contributed by atoms with Crippen LogP contribution >= 0.6 is 24.0 Å². The zero-order valence-electron chi connectivity index (χ0n) is 8.59. The number of hydrogen-bond donors (Lipinski definition) is 1. The van der Waals surface area contributed by atoms with Gasteiger partial charge < -0.3 is 10.2 Å². The van der Waals surface area contributed by atoms with Gasteiger partial charge in [-0.3, -0.25) is 0 Å². The first kappa shape index (κ1) is 11.1. The fraction of sp³-hybridized carbons (Fsp3) is 0.889. The van der Waals surface area contributed by atoms with Crippen LogP contribution in [0.2, 0.25) is 0 Å². The fourth-order valence-electron chi connectivity index (χ4n) is 1.45. The molecular weight excluding hydrogens is 200 g/mol. The Balaban J connectivity index is 2.47. The highest BCUT2D eigenvalue weighted by Gasteiger charge is 2.27. The number of nitrogens with zero attached hydrogens (tertiary/aromatic N) is 1. The van der Waals surface area contributed by atoms with Crippen molar-refractivity contribution in [3.05, 3.63) is 0 Å². The molecule has 0 aromatic heterocycles. The maximum atomic E-state index is 5.28. The van der Waals surface area contributed by atoms with Crippen molar-refractivity contribution in [2.24, 2.45) is 0 Å². The van der Waals surface area contributed by atoms with Gasteiger partial charge in [0.1, 0.15) is 0 Å². The highest BCUT2D eigenvalue weighted by Crippen LogP contribution is 2.29. The lowest BCUT2D eigenvalue weighted by Crippen LogP contribution is -2.49. The van der Waals surface area contributed by atoms with Crippen molar-refractivity contribution in [1.82, 2.24) is 10.2 Å². The molecule has 1 N–H and O–H groups in total. The van der Waals surface area contributed by atoms with Crippen LogP contribution in [0.5, 0.6) is 0 Å². The molecule has 2 nitrogen and oxygen atoms in total. The van der Waals surface area contributed by atoms with E-state index in [0.717, 1.165) is 24.7 Å². The molecule has 1 aliphatic heterocycles. The molecule has 0 aliphatic carbocycles. The van der Waals surface area contributed by atoms with Crippen LogP contribution in [-0.2, 0) is 0 Å². The molecule has 0 unspecified atom stereocenters. The predicted octanol–water partition coefficient (Wildman–Crippen LogP) is 1.71. The Morgan fingerprint density at radius 1 is 1.62 bits per heavy atom. The van der Waals surface area contributed by atoms with E-state index in [0.29, 0.717) is 4.75 Å². The molecule has 76 valence electrons. The largest absolute Gasteiger partial charge is 0.363 e. The highest BCUT2D eigenvalue weighted by molar-refractivity contribution is 8.00. The van der Waals surface area contributed by atoms with Gasteiger partial charge in [0, 0.05) is 30.1 Å². The van der Waals surface area contributed by atoms with Gasteiger partial charge in [0.15, 0.2) is 5.11 Å². The molecule has 1 heterocycles. The third-order valence-electron chi connectivity index (χ3n) is 2.04. The van der Waals surface area contributed by atoms with Gasteiger partial charge in [0.25, 0.3) is 0 Å². The van der Waals surface area contributed by atoms with E-state index in [4.69, 9.17) is 12.2 Å². The summed E-state index contributed by atoms with van der Waals surface area (Å²) >= 11 is 7.31. The van der Waals surface area contributed by atoms with E-state index in [1.807, 2.05) is 11.8 Å². The van der Waals surface area contributed by atoms with Gasteiger partial charge >= 0.3 is 0 Å². The Bertz CT molecular complexity index is 192. The molecule has 0 amide bonds. The highest BCUT2D eigenvalue weighted by atomic mass is 32.2. The minimum atomic E-state index is 0.345. The first-order valence-electron chi connectivity index (χ1n) is 4.72. The standard InChI is InChI=1S/C9H18N2S2/c1-4-10-8(12)11-5-6-13-9(2,3)7-11/h4-7H2,1-3H3,(H,10,12). The van der Waals surface area contributed by atoms with Crippen molar-refractivity contribution in [3.8, 4) is 0 Å². The van der Waals surface area contributed by atoms with Gasteiger partial charge in [-0.1, -0.05) is 0 Å². The number of thioether (sulfide) groups is 1. The molecule has 0 aromatic carbocycles. The van der Waals surface area contributed by atoms with Crippen molar-refractivity contribution >= 4 is 29.1 Å². The molecule has 1 saturated heterocycles. The van der Waals surface area contributed by atoms with Gasteiger partial charge in [-0.15, -0.1) is 0 Å². The van der Waals surface area contributed by atoms with Crippen LogP contribution in [0, 0.1) is 0 Å². The fourth-order valence-corrected chi connectivity index (χ4v) is 2.86. The van der Waals surface area contributed by atoms with Gasteiger partial charge in [0.05, 0.1) is 0 Å². The Labute approximate surface area is 90.4 Å². The molecule has 1 aliphatic rings. The maximum Gasteiger partial charge on any atom is 0.168 e. The molecule has 0 spiro atoms. The van der Waals surface area contributed by atoms with E-state index in [1.165, 1.54) is 5.75 Å². The van der Waals surface area contributed by atoms with Crippen molar-refractivity contribution in [2.75, 3.05) is 25.4 Å². The van der Waals surface area contributed by atoms with Gasteiger partial charge in [-0.25, -0.2) is 0 Å². The van der Waals surface area contributed by atoms with Gasteiger partial charge in [0.2, 0.25) is 0 Å². The quantitative estimate of drug-likeness (QED) is 0.674. The number of nitrogens with one attached hydrogen (secondary N) is 1. The Morgan fingerprint density at radius 3 is 2.85 bits per heavy atom. The summed E-state index contributed by atoms with van der Waals surface area (Å²) in [6.07, 6.45) is 0. The first-order chi connectivity index (χ1) is 6.05. The second-order valence-corrected chi connectivity index (χ2v) is 6.05. The van der Waals surface area contributed by atoms with Crippen molar-refractivity contribution in [2.45, 2.75) is 25.5 Å². The Morgan fingerprint density at radius 2 is 2.31 bits per heavy atom. The summed E-state index contributed by atoms with van der Waals surface area (Å²) in [7, 11) is 0. The average Bonchev–Trinajstić information content (AvgIpc) is 2.03. The average molecular weight is 218 g/mol. The van der Waals surface area contributed by atoms with Crippen molar-refractivity contribution in [1.29, 1.82) is 0 Å². The smallest absolute Gasteiger partial charge is 0.168 e. The van der Waals surface area contributed by atoms with Gasteiger partial charge in [-0.2, -0.15) is 11.8 Å². The van der Waals surface area contributed by atoms with E-state index in [1.54, 1.807) is 0 Å². The molecule has 0 aromatic rings. The Kier molecular flexibility index (Phi) is 3.86. The Hall–Kier alpha value is 0.0400. The molecule has 13 heavy (non-hydrogen) atoms. The minimum Gasteiger partial charge on any atom is -0.363 e. The first-order valence-corrected chi connectivity index (χ1v) is 6.11. The van der Waals surface area contributed by atoms with E-state index in [9.17, 15) is 0 Å². The number of rotatable bonds is 1. The second-order valence-electron chi connectivity index (χ2n) is 3.87. The van der Waals surface area contributed by atoms with Crippen LogP contribution in [0.1, 0.15) is 20.8 Å². The summed E-state index contributed by atoms with van der Waals surface area (Å²) in [5.74, 6) is 1.18. The van der Waals surface area contributed by atoms with E-state index in [2.05, 4.69) is 31.0 Å². The third kappa shape index (κ3) is 3.35. The topological polar surface area (TPSA) is 15.3 Å². The molecular formula is C9H18N2S2. The van der Waals surface area contributed by atoms with Gasteiger partial charge in [-0.05, 0) is 33.0 Å². The summed E-state index contributed by atoms with van der Waals surface area (Å²) in [4.78, 5) is 2.27. The van der Waals surface area contributed by atoms with E-state index in [-0.39, 0.29) is 0 Å². The lowest BCUT2D eigenvalue weighted by atomic mass is 10.2. The van der Waals surface area contributed by atoms with Crippen molar-refractivity contribution in [3.63, 3.8) is 0 Å². The molecule has 0 radical (unpaired) electrons. The van der Waals surface area contributed by atoms with Crippen LogP contribution in [0.3, 0.4) is 0 Å². The second kappa shape index (κ2) is 4.51. The molecule has 4 heteroatoms. The lowest BCUT2D eigenvalue weighted by Gasteiger charge is -2.38. The number of thiocarbonyl (C=S) groups is 1. The van der Waals surface area contributed by atoms with Crippen LogP contribution in [-0.4, -0.2) is 40.1 Å². The van der Waals surface area contributed by atoms with Crippen molar-refractivity contribution < 1.29 is 0 Å². The molecule has 0 atom stereocenters. The minimum absolute atomic E-state index is 0.345. The predicted molar refractivity (Wildman–Crippen MR) is 64.4 cm³/mol. The lowest BCUT2D eigenvalue weighted by molar-refractivity contribution is 0.384. The zero-order valence-corrected chi connectivity index (χ0v) is 10.2. The summed E-state index contributed by atoms with van der Waals surface area (Å²) in [6, 6.07) is 0. The maximum absolute atomic E-state index is 5.28. The van der Waals surface area contributed by atoms with E-state index < -0.39 is 0 Å². The van der Waals surface area contributed by atoms with Crippen LogP contribution in [0.15, 0.2) is 0 Å². The molecule has 1 fully saturated rings. The summed E-state index contributed by atoms with van der Waals surface area (Å²) in [5, 5.41) is 4.11. The SMILES string of the molecule is CCNC(=S)N1CCSC(C)(C)C1. The van der Waals surface area contributed by atoms with Crippen LogP contribution in [0.4, 0.5) is 0 Å². The summed E-state index contributed by atoms with van der Waals surface area (Å²) in [5.41, 5.74) is 0. The number of hydrogen-bond acceptors (Lipinski definition) is 2. The monoisotopic (exact) mass is 218 g/mol. The summed E-state index contributed by atoms with van der Waals surface area (Å²) < 4.78 is 0.345. The summed E-state index contributed by atoms with van der Waals surface area (Å²) in [6.45, 7) is 9.69. The van der Waals surface area contributed by atoms with E-state index >= 15 is 0 Å². The van der Waals surface area contributed by atoms with Crippen LogP contribution < -0.4 is 5.32 Å². The van der Waals surface area contributed by atoms with Crippen LogP contribution in [0.25, 0.3) is 0 Å². The molecule has 0 saturated carbocycles. The molecule has 1 rings (SSSR count). The normalized spacial score (nSPS) is 21.3. The third-order valence-corrected chi connectivity index (χ3v) is 3.74. The molecule has 0 bridgehead atoms.